The highest BCUT2D eigenvalue weighted by Crippen LogP contribution is 2.25. The van der Waals surface area contributed by atoms with E-state index in [-0.39, 0.29) is 6.04 Å². The van der Waals surface area contributed by atoms with Gasteiger partial charge >= 0.3 is 0 Å². The molecule has 1 atom stereocenters. The van der Waals surface area contributed by atoms with E-state index in [1.165, 1.54) is 5.57 Å². The normalized spacial score (nSPS) is 17.6. The van der Waals surface area contributed by atoms with Gasteiger partial charge in [-0.3, -0.25) is 0 Å². The van der Waals surface area contributed by atoms with Gasteiger partial charge in [-0.1, -0.05) is 25.2 Å². The number of rotatable bonds is 3. The van der Waals surface area contributed by atoms with Crippen LogP contribution in [0.25, 0.3) is 5.57 Å². The summed E-state index contributed by atoms with van der Waals surface area (Å²) in [4.78, 5) is 0. The number of nitrogens with two attached hydrogens (primary N) is 1. The minimum atomic E-state index is 0.0203. The Hall–Kier alpha value is -1.28. The minimum absolute atomic E-state index is 0.0203. The molecule has 0 aromatic carbocycles. The Morgan fingerprint density at radius 3 is 3.00 bits per heavy atom. The van der Waals surface area contributed by atoms with Gasteiger partial charge in [-0.2, -0.15) is 0 Å². The summed E-state index contributed by atoms with van der Waals surface area (Å²) in [5, 5.41) is 0. The summed E-state index contributed by atoms with van der Waals surface area (Å²) in [6.07, 6.45) is 11.5. The number of hydrogen-bond acceptors (Lipinski definition) is 2. The molecule has 0 aliphatic heterocycles. The van der Waals surface area contributed by atoms with Gasteiger partial charge in [0.05, 0.1) is 12.3 Å². The van der Waals surface area contributed by atoms with Crippen LogP contribution in [-0.2, 0) is 0 Å². The quantitative estimate of drug-likeness (QED) is 0.817. The second-order valence-corrected chi connectivity index (χ2v) is 3.89. The van der Waals surface area contributed by atoms with Gasteiger partial charge in [0.25, 0.3) is 0 Å². The third-order valence-electron chi connectivity index (χ3n) is 2.75. The van der Waals surface area contributed by atoms with Crippen molar-refractivity contribution in [2.24, 2.45) is 5.73 Å². The molecule has 0 saturated carbocycles. The highest BCUT2D eigenvalue weighted by atomic mass is 16.3. The average Bonchev–Trinajstić information content (AvgIpc) is 2.78. The maximum absolute atomic E-state index is 5.91. The maximum atomic E-state index is 5.91. The molecule has 2 N–H and O–H groups in total. The fourth-order valence-electron chi connectivity index (χ4n) is 1.73. The summed E-state index contributed by atoms with van der Waals surface area (Å²) in [5.41, 5.74) is 8.30. The van der Waals surface area contributed by atoms with Gasteiger partial charge in [0.15, 0.2) is 0 Å². The third kappa shape index (κ3) is 2.21. The van der Waals surface area contributed by atoms with Crippen LogP contribution in [0.5, 0.6) is 0 Å². The van der Waals surface area contributed by atoms with Crippen molar-refractivity contribution in [1.82, 2.24) is 0 Å². The first-order valence-corrected chi connectivity index (χ1v) is 5.52. The Labute approximate surface area is 90.5 Å². The SMILES string of the molecule is CCC(N)c1cc(C2=CCCC=C2)co1. The molecular weight excluding hydrogens is 186 g/mol. The van der Waals surface area contributed by atoms with Crippen molar-refractivity contribution in [3.05, 3.63) is 41.9 Å². The van der Waals surface area contributed by atoms with E-state index in [4.69, 9.17) is 10.2 Å². The Morgan fingerprint density at radius 1 is 1.47 bits per heavy atom. The lowest BCUT2D eigenvalue weighted by Crippen LogP contribution is -2.06. The first kappa shape index (κ1) is 10.2. The van der Waals surface area contributed by atoms with Crippen molar-refractivity contribution in [1.29, 1.82) is 0 Å². The third-order valence-corrected chi connectivity index (χ3v) is 2.75. The molecule has 2 rings (SSSR count). The van der Waals surface area contributed by atoms with Gasteiger partial charge in [0.2, 0.25) is 0 Å². The van der Waals surface area contributed by atoms with E-state index in [0.29, 0.717) is 0 Å². The fraction of sp³-hybridized carbons (Fsp3) is 0.385. The first-order chi connectivity index (χ1) is 7.31. The number of allylic oxidation sites excluding steroid dienone is 4. The van der Waals surface area contributed by atoms with Gasteiger partial charge in [-0.05, 0) is 30.9 Å². The van der Waals surface area contributed by atoms with Crippen LogP contribution in [0.15, 0.2) is 35.0 Å². The molecule has 1 aromatic heterocycles. The summed E-state index contributed by atoms with van der Waals surface area (Å²) in [5.74, 6) is 0.882. The summed E-state index contributed by atoms with van der Waals surface area (Å²) in [6, 6.07) is 2.07. The smallest absolute Gasteiger partial charge is 0.121 e. The van der Waals surface area contributed by atoms with E-state index in [1.807, 2.05) is 0 Å². The van der Waals surface area contributed by atoms with Crippen LogP contribution in [0.1, 0.15) is 43.6 Å². The van der Waals surface area contributed by atoms with Crippen LogP contribution in [0.2, 0.25) is 0 Å². The monoisotopic (exact) mass is 203 g/mol. The molecule has 0 amide bonds. The molecule has 80 valence electrons. The molecule has 1 heterocycles. The van der Waals surface area contributed by atoms with E-state index in [2.05, 4.69) is 31.2 Å². The van der Waals surface area contributed by atoms with Crippen LogP contribution in [0, 0.1) is 0 Å². The highest BCUT2D eigenvalue weighted by molar-refractivity contribution is 5.74. The van der Waals surface area contributed by atoms with E-state index >= 15 is 0 Å². The predicted molar refractivity (Wildman–Crippen MR) is 62.3 cm³/mol. The first-order valence-electron chi connectivity index (χ1n) is 5.52. The minimum Gasteiger partial charge on any atom is -0.467 e. The largest absolute Gasteiger partial charge is 0.467 e. The Kier molecular flexibility index (Phi) is 3.07. The molecule has 2 nitrogen and oxygen atoms in total. The fourth-order valence-corrected chi connectivity index (χ4v) is 1.73. The second kappa shape index (κ2) is 4.49. The molecule has 1 aliphatic rings. The van der Waals surface area contributed by atoms with Crippen LogP contribution >= 0.6 is 0 Å². The van der Waals surface area contributed by atoms with Crippen molar-refractivity contribution >= 4 is 5.57 Å². The van der Waals surface area contributed by atoms with Crippen LogP contribution in [-0.4, -0.2) is 0 Å². The lowest BCUT2D eigenvalue weighted by Gasteiger charge is -2.04. The molecule has 0 saturated heterocycles. The molecular formula is C13H17NO. The highest BCUT2D eigenvalue weighted by Gasteiger charge is 2.10. The molecule has 15 heavy (non-hydrogen) atoms. The average molecular weight is 203 g/mol. The van der Waals surface area contributed by atoms with Crippen molar-refractivity contribution < 1.29 is 4.42 Å². The van der Waals surface area contributed by atoms with Gasteiger partial charge in [0, 0.05) is 5.56 Å². The number of hydrogen-bond donors (Lipinski definition) is 1. The van der Waals surface area contributed by atoms with E-state index in [1.54, 1.807) is 6.26 Å². The Balaban J connectivity index is 2.19. The molecule has 2 heteroatoms. The van der Waals surface area contributed by atoms with Crippen LogP contribution in [0.3, 0.4) is 0 Å². The van der Waals surface area contributed by atoms with Crippen LogP contribution in [0.4, 0.5) is 0 Å². The lowest BCUT2D eigenvalue weighted by atomic mass is 10.0. The topological polar surface area (TPSA) is 39.2 Å². The zero-order valence-electron chi connectivity index (χ0n) is 9.07. The van der Waals surface area contributed by atoms with Crippen molar-refractivity contribution in [3.8, 4) is 0 Å². The Bertz CT molecular complexity index is 387. The summed E-state index contributed by atoms with van der Waals surface area (Å²) in [6.45, 7) is 2.06. The molecule has 0 spiro atoms. The van der Waals surface area contributed by atoms with Crippen molar-refractivity contribution in [2.45, 2.75) is 32.2 Å². The molecule has 0 radical (unpaired) electrons. The zero-order chi connectivity index (χ0) is 10.7. The second-order valence-electron chi connectivity index (χ2n) is 3.89. The van der Waals surface area contributed by atoms with Crippen molar-refractivity contribution in [2.75, 3.05) is 0 Å². The van der Waals surface area contributed by atoms with Crippen molar-refractivity contribution in [3.63, 3.8) is 0 Å². The van der Waals surface area contributed by atoms with Gasteiger partial charge in [-0.25, -0.2) is 0 Å². The van der Waals surface area contributed by atoms with Gasteiger partial charge in [0.1, 0.15) is 5.76 Å². The van der Waals surface area contributed by atoms with Crippen LogP contribution < -0.4 is 5.73 Å². The van der Waals surface area contributed by atoms with Gasteiger partial charge in [-0.15, -0.1) is 0 Å². The van der Waals surface area contributed by atoms with Gasteiger partial charge < -0.3 is 10.2 Å². The summed E-state index contributed by atoms with van der Waals surface area (Å²) >= 11 is 0. The molecule has 1 aliphatic carbocycles. The van der Waals surface area contributed by atoms with E-state index in [0.717, 1.165) is 30.6 Å². The standard InChI is InChI=1S/C13H17NO/c1-2-12(14)13-8-11(9-15-13)10-6-4-3-5-7-10/h4,6-9,12H,2-3,5,14H2,1H3. The summed E-state index contributed by atoms with van der Waals surface area (Å²) < 4.78 is 5.47. The molecule has 1 unspecified atom stereocenters. The summed E-state index contributed by atoms with van der Waals surface area (Å²) in [7, 11) is 0. The molecule has 0 fully saturated rings. The van der Waals surface area contributed by atoms with E-state index in [9.17, 15) is 0 Å². The lowest BCUT2D eigenvalue weighted by molar-refractivity contribution is 0.460. The number of furan rings is 1. The Morgan fingerprint density at radius 2 is 2.33 bits per heavy atom. The maximum Gasteiger partial charge on any atom is 0.121 e. The molecule has 0 bridgehead atoms. The van der Waals surface area contributed by atoms with E-state index < -0.39 is 0 Å². The zero-order valence-corrected chi connectivity index (χ0v) is 9.07. The molecule has 1 aromatic rings. The predicted octanol–water partition coefficient (Wildman–Crippen LogP) is 3.42.